The van der Waals surface area contributed by atoms with E-state index in [9.17, 15) is 24.0 Å². The van der Waals surface area contributed by atoms with Crippen molar-refractivity contribution in [3.63, 3.8) is 0 Å². The van der Waals surface area contributed by atoms with Gasteiger partial charge in [-0.25, -0.2) is 0 Å². The molecule has 0 radical (unpaired) electrons. The van der Waals surface area contributed by atoms with Crippen LogP contribution in [0.5, 0.6) is 0 Å². The van der Waals surface area contributed by atoms with E-state index in [2.05, 4.69) is 26.6 Å². The Kier molecular flexibility index (Phi) is 6.39. The first-order chi connectivity index (χ1) is 13.1. The molecule has 1 rings (SSSR count). The van der Waals surface area contributed by atoms with Gasteiger partial charge in [-0.1, -0.05) is 0 Å². The maximum Gasteiger partial charge on any atom is 0.246 e. The number of nitrogens with one attached hydrogen (secondary N) is 5. The summed E-state index contributed by atoms with van der Waals surface area (Å²) in [5.74, 6) is -3.01. The minimum absolute atomic E-state index is 0.601. The highest BCUT2D eigenvalue weighted by Gasteiger charge is 2.45. The van der Waals surface area contributed by atoms with Gasteiger partial charge < -0.3 is 26.6 Å². The molecule has 0 atom stereocenters. The van der Waals surface area contributed by atoms with E-state index in [0.717, 1.165) is 0 Å². The zero-order valence-electron chi connectivity index (χ0n) is 19.5. The Morgan fingerprint density at radius 1 is 0.333 bits per heavy atom. The van der Waals surface area contributed by atoms with Gasteiger partial charge in [0.05, 0.1) is 0 Å². The molecule has 0 aromatic carbocycles. The third kappa shape index (κ3) is 5.48. The van der Waals surface area contributed by atoms with Crippen molar-refractivity contribution in [3.8, 4) is 0 Å². The van der Waals surface area contributed by atoms with Crippen molar-refractivity contribution in [3.05, 3.63) is 0 Å². The van der Waals surface area contributed by atoms with Gasteiger partial charge >= 0.3 is 0 Å². The molecule has 1 heterocycles. The molecule has 10 heteroatoms. The molecule has 0 saturated carbocycles. The highest BCUT2D eigenvalue weighted by atomic mass is 16.2. The Labute approximate surface area is 177 Å². The summed E-state index contributed by atoms with van der Waals surface area (Å²) in [4.78, 5) is 64.1. The molecule has 1 fully saturated rings. The molecular formula is C20H35N5O5. The summed E-state index contributed by atoms with van der Waals surface area (Å²) in [6, 6.07) is 0. The Hall–Kier alpha value is -2.65. The van der Waals surface area contributed by atoms with E-state index in [0.29, 0.717) is 0 Å². The van der Waals surface area contributed by atoms with Crippen LogP contribution in [0.2, 0.25) is 0 Å². The number of hydrogen-bond acceptors (Lipinski definition) is 5. The predicted molar refractivity (Wildman–Crippen MR) is 111 cm³/mol. The Bertz CT molecular complexity index is 630. The van der Waals surface area contributed by atoms with E-state index in [1.807, 2.05) is 0 Å². The summed E-state index contributed by atoms with van der Waals surface area (Å²) < 4.78 is 0. The fourth-order valence-corrected chi connectivity index (χ4v) is 2.48. The van der Waals surface area contributed by atoms with Crippen LogP contribution in [0, 0.1) is 0 Å². The van der Waals surface area contributed by atoms with E-state index < -0.39 is 57.2 Å². The van der Waals surface area contributed by atoms with Crippen LogP contribution in [0.15, 0.2) is 0 Å². The molecule has 1 aliphatic rings. The van der Waals surface area contributed by atoms with Crippen LogP contribution in [0.4, 0.5) is 0 Å². The second kappa shape index (κ2) is 7.55. The lowest BCUT2D eigenvalue weighted by molar-refractivity contribution is -0.140. The molecule has 0 spiro atoms. The second-order valence-corrected chi connectivity index (χ2v) is 10.4. The summed E-state index contributed by atoms with van der Waals surface area (Å²) >= 11 is 0. The molecule has 1 aliphatic heterocycles. The zero-order valence-corrected chi connectivity index (χ0v) is 19.5. The van der Waals surface area contributed by atoms with Gasteiger partial charge in [-0.15, -0.1) is 0 Å². The summed E-state index contributed by atoms with van der Waals surface area (Å²) in [6.45, 7) is 14.9. The molecule has 0 aliphatic carbocycles. The second-order valence-electron chi connectivity index (χ2n) is 10.4. The average molecular weight is 426 g/mol. The largest absolute Gasteiger partial charge is 0.340 e. The van der Waals surface area contributed by atoms with Gasteiger partial charge in [0, 0.05) is 0 Å². The topological polar surface area (TPSA) is 146 Å². The minimum Gasteiger partial charge on any atom is -0.340 e. The summed E-state index contributed by atoms with van der Waals surface area (Å²) in [5.41, 5.74) is -6.90. The molecule has 30 heavy (non-hydrogen) atoms. The summed E-state index contributed by atoms with van der Waals surface area (Å²) in [7, 11) is 0. The molecule has 5 amide bonds. The quantitative estimate of drug-likeness (QED) is 0.354. The van der Waals surface area contributed by atoms with Gasteiger partial charge in [0.15, 0.2) is 0 Å². The molecule has 170 valence electrons. The number of carbonyl (C=O) groups excluding carboxylic acids is 5. The first-order valence-electron chi connectivity index (χ1n) is 9.77. The van der Waals surface area contributed by atoms with Gasteiger partial charge in [-0.2, -0.15) is 0 Å². The number of amides is 5. The zero-order chi connectivity index (χ0) is 23.9. The van der Waals surface area contributed by atoms with Crippen LogP contribution in [-0.4, -0.2) is 57.2 Å². The summed E-state index contributed by atoms with van der Waals surface area (Å²) in [5, 5.41) is 13.0. The van der Waals surface area contributed by atoms with Crippen molar-refractivity contribution in [2.45, 2.75) is 96.9 Å². The lowest BCUT2D eigenvalue weighted by atomic mass is 9.95. The van der Waals surface area contributed by atoms with Crippen molar-refractivity contribution in [2.75, 3.05) is 0 Å². The SMILES string of the molecule is CC1(C)NC(=O)C(C)(C)NC(=O)C(C)(C)NC(=O)C(C)(C)NC(=O)C(C)(C)NC1=O. The highest BCUT2D eigenvalue weighted by Crippen LogP contribution is 2.16. The Morgan fingerprint density at radius 2 is 0.433 bits per heavy atom. The van der Waals surface area contributed by atoms with Gasteiger partial charge in [0.1, 0.15) is 27.7 Å². The smallest absolute Gasteiger partial charge is 0.246 e. The minimum atomic E-state index is -1.38. The lowest BCUT2D eigenvalue weighted by Crippen LogP contribution is -2.67. The van der Waals surface area contributed by atoms with E-state index >= 15 is 0 Å². The van der Waals surface area contributed by atoms with E-state index in [1.54, 1.807) is 0 Å². The van der Waals surface area contributed by atoms with Gasteiger partial charge in [-0.05, 0) is 69.2 Å². The molecular weight excluding hydrogens is 390 g/mol. The van der Waals surface area contributed by atoms with E-state index in [1.165, 1.54) is 69.2 Å². The Balaban J connectivity index is 3.48. The summed E-state index contributed by atoms with van der Waals surface area (Å²) in [6.07, 6.45) is 0. The van der Waals surface area contributed by atoms with E-state index in [4.69, 9.17) is 0 Å². The van der Waals surface area contributed by atoms with Gasteiger partial charge in [0.25, 0.3) is 0 Å². The van der Waals surface area contributed by atoms with Crippen LogP contribution >= 0.6 is 0 Å². The first kappa shape index (κ1) is 25.4. The van der Waals surface area contributed by atoms with Gasteiger partial charge in [0.2, 0.25) is 29.5 Å². The molecule has 0 bridgehead atoms. The average Bonchev–Trinajstić information content (AvgIpc) is 2.51. The fourth-order valence-electron chi connectivity index (χ4n) is 2.48. The monoisotopic (exact) mass is 425 g/mol. The van der Waals surface area contributed by atoms with Crippen LogP contribution in [0.25, 0.3) is 0 Å². The molecule has 5 N–H and O–H groups in total. The van der Waals surface area contributed by atoms with Crippen molar-refractivity contribution in [2.24, 2.45) is 0 Å². The predicted octanol–water partition coefficient (Wildman–Crippen LogP) is -0.526. The fraction of sp³-hybridized carbons (Fsp3) is 0.750. The van der Waals surface area contributed by atoms with Gasteiger partial charge in [-0.3, -0.25) is 24.0 Å². The van der Waals surface area contributed by atoms with Crippen molar-refractivity contribution < 1.29 is 24.0 Å². The number of carbonyl (C=O) groups is 5. The third-order valence-corrected chi connectivity index (χ3v) is 4.97. The van der Waals surface area contributed by atoms with Crippen LogP contribution in [0.3, 0.4) is 0 Å². The number of hydrogen-bond donors (Lipinski definition) is 5. The van der Waals surface area contributed by atoms with Crippen LogP contribution in [0.1, 0.15) is 69.2 Å². The molecule has 0 aromatic rings. The molecule has 0 unspecified atom stereocenters. The van der Waals surface area contributed by atoms with Crippen LogP contribution in [-0.2, 0) is 24.0 Å². The third-order valence-electron chi connectivity index (χ3n) is 4.97. The normalized spacial score (nSPS) is 26.0. The lowest BCUT2D eigenvalue weighted by Gasteiger charge is -2.35. The van der Waals surface area contributed by atoms with Crippen molar-refractivity contribution >= 4 is 29.5 Å². The van der Waals surface area contributed by atoms with E-state index in [-0.39, 0.29) is 0 Å². The highest BCUT2D eigenvalue weighted by molar-refractivity contribution is 6.02. The molecule has 10 nitrogen and oxygen atoms in total. The molecule has 0 aromatic heterocycles. The Morgan fingerprint density at radius 3 is 0.533 bits per heavy atom. The standard InChI is InChI=1S/C20H35N5O5/c1-16(2)11(26)22-18(5,6)13(28)24-20(9,10)15(30)25-19(7,8)14(29)23-17(3,4)12(27)21-16/h1-10H3,(H,21,27)(H,22,26)(H,23,29)(H,24,28)(H,25,30). The maximum absolute atomic E-state index is 12.8. The van der Waals surface area contributed by atoms with Crippen molar-refractivity contribution in [1.29, 1.82) is 0 Å². The number of rotatable bonds is 0. The van der Waals surface area contributed by atoms with Crippen molar-refractivity contribution in [1.82, 2.24) is 26.6 Å². The van der Waals surface area contributed by atoms with Crippen LogP contribution < -0.4 is 26.6 Å². The first-order valence-corrected chi connectivity index (χ1v) is 9.77. The molecule has 1 saturated heterocycles. The maximum atomic E-state index is 12.8.